The van der Waals surface area contributed by atoms with Gasteiger partial charge < -0.3 is 14.6 Å². The zero-order valence-electron chi connectivity index (χ0n) is 17.6. The van der Waals surface area contributed by atoms with Crippen molar-refractivity contribution in [2.45, 2.75) is 32.7 Å². The number of unbranched alkanes of at least 4 members (excludes halogenated alkanes) is 1. The molecule has 2 aromatic carbocycles. The summed E-state index contributed by atoms with van der Waals surface area (Å²) >= 11 is 0. The number of methoxy groups -OCH3 is 1. The second kappa shape index (κ2) is 8.63. The van der Waals surface area contributed by atoms with Crippen LogP contribution in [0.1, 0.15) is 47.9 Å². The monoisotopic (exact) mass is 420 g/mol. The number of carboxylic acid groups (broad SMARTS) is 1. The first-order chi connectivity index (χ1) is 15.0. The van der Waals surface area contributed by atoms with Gasteiger partial charge in [-0.3, -0.25) is 9.36 Å². The highest BCUT2D eigenvalue weighted by Crippen LogP contribution is 2.32. The molecule has 0 aliphatic carbocycles. The molecule has 3 aromatic rings. The van der Waals surface area contributed by atoms with E-state index in [1.54, 1.807) is 11.7 Å². The summed E-state index contributed by atoms with van der Waals surface area (Å²) in [7, 11) is 1.61. The number of benzene rings is 2. The Morgan fingerprint density at radius 2 is 2.06 bits per heavy atom. The Balaban J connectivity index is 1.72. The second-order valence-electron chi connectivity index (χ2n) is 7.46. The van der Waals surface area contributed by atoms with Gasteiger partial charge in [0.2, 0.25) is 0 Å². The Bertz CT molecular complexity index is 1240. The van der Waals surface area contributed by atoms with Crippen LogP contribution in [0.25, 0.3) is 22.6 Å². The van der Waals surface area contributed by atoms with Crippen molar-refractivity contribution in [3.05, 3.63) is 63.7 Å². The van der Waals surface area contributed by atoms with Crippen molar-refractivity contribution < 1.29 is 19.4 Å². The minimum atomic E-state index is -1.05. The molecule has 0 atom stereocenters. The van der Waals surface area contributed by atoms with Gasteiger partial charge in [-0.05, 0) is 60.4 Å². The van der Waals surface area contributed by atoms with E-state index < -0.39 is 5.97 Å². The Labute approximate surface area is 179 Å². The molecule has 4 rings (SSSR count). The molecule has 1 aliphatic heterocycles. The SMILES string of the molecule is CCCCOc1ccc(C=C2CCn3c2nc2cc(C(=O)O)ccc2c3=O)cc1OC. The fourth-order valence-electron chi connectivity index (χ4n) is 3.71. The summed E-state index contributed by atoms with van der Waals surface area (Å²) in [4.78, 5) is 28.8. The van der Waals surface area contributed by atoms with Crippen molar-refractivity contribution >= 4 is 28.5 Å². The first-order valence-electron chi connectivity index (χ1n) is 10.3. The molecule has 0 amide bonds. The summed E-state index contributed by atoms with van der Waals surface area (Å²) < 4.78 is 12.9. The molecular formula is C24H24N2O5. The molecule has 1 aliphatic rings. The van der Waals surface area contributed by atoms with Crippen molar-refractivity contribution in [1.82, 2.24) is 9.55 Å². The highest BCUT2D eigenvalue weighted by molar-refractivity contribution is 5.93. The molecule has 0 saturated carbocycles. The summed E-state index contributed by atoms with van der Waals surface area (Å²) in [6, 6.07) is 10.1. The molecule has 0 radical (unpaired) electrons. The van der Waals surface area contributed by atoms with E-state index in [0.717, 1.165) is 24.0 Å². The number of aromatic nitrogens is 2. The number of aromatic carboxylic acids is 1. The van der Waals surface area contributed by atoms with Crippen molar-refractivity contribution in [3.8, 4) is 11.5 Å². The van der Waals surface area contributed by atoms with Crippen molar-refractivity contribution in [2.75, 3.05) is 13.7 Å². The minimum absolute atomic E-state index is 0.108. The topological polar surface area (TPSA) is 90.7 Å². The van der Waals surface area contributed by atoms with E-state index in [2.05, 4.69) is 11.9 Å². The van der Waals surface area contributed by atoms with Gasteiger partial charge in [-0.2, -0.15) is 0 Å². The third kappa shape index (κ3) is 4.03. The zero-order valence-corrected chi connectivity index (χ0v) is 17.6. The number of rotatable bonds is 7. The Kier molecular flexibility index (Phi) is 5.75. The molecule has 2 heterocycles. The van der Waals surface area contributed by atoms with Gasteiger partial charge >= 0.3 is 5.97 Å². The number of ether oxygens (including phenoxy) is 2. The van der Waals surface area contributed by atoms with E-state index in [4.69, 9.17) is 9.47 Å². The Morgan fingerprint density at radius 1 is 1.23 bits per heavy atom. The smallest absolute Gasteiger partial charge is 0.335 e. The van der Waals surface area contributed by atoms with E-state index in [0.29, 0.717) is 47.8 Å². The van der Waals surface area contributed by atoms with Gasteiger partial charge in [0, 0.05) is 6.54 Å². The Morgan fingerprint density at radius 3 is 2.81 bits per heavy atom. The van der Waals surface area contributed by atoms with Gasteiger partial charge in [0.1, 0.15) is 5.82 Å². The summed E-state index contributed by atoms with van der Waals surface area (Å²) in [5, 5.41) is 9.67. The number of carbonyl (C=O) groups is 1. The highest BCUT2D eigenvalue weighted by Gasteiger charge is 2.21. The maximum atomic E-state index is 12.9. The highest BCUT2D eigenvalue weighted by atomic mass is 16.5. The third-order valence-electron chi connectivity index (χ3n) is 5.38. The average molecular weight is 420 g/mol. The molecule has 0 saturated heterocycles. The van der Waals surface area contributed by atoms with Crippen LogP contribution < -0.4 is 15.0 Å². The lowest BCUT2D eigenvalue weighted by Crippen LogP contribution is -2.21. The lowest BCUT2D eigenvalue weighted by atomic mass is 10.1. The number of carboxylic acids is 1. The maximum Gasteiger partial charge on any atom is 0.335 e. The molecular weight excluding hydrogens is 396 g/mol. The predicted molar refractivity (Wildman–Crippen MR) is 119 cm³/mol. The fourth-order valence-corrected chi connectivity index (χ4v) is 3.71. The number of hydrogen-bond donors (Lipinski definition) is 1. The number of hydrogen-bond acceptors (Lipinski definition) is 5. The van der Waals surface area contributed by atoms with Gasteiger partial charge in [0.25, 0.3) is 5.56 Å². The van der Waals surface area contributed by atoms with Gasteiger partial charge in [0.05, 0.1) is 30.2 Å². The van der Waals surface area contributed by atoms with E-state index in [1.165, 1.54) is 18.2 Å². The van der Waals surface area contributed by atoms with E-state index in [9.17, 15) is 14.7 Å². The first kappa shape index (κ1) is 20.7. The van der Waals surface area contributed by atoms with Crippen LogP contribution in [0.2, 0.25) is 0 Å². The molecule has 0 fully saturated rings. The molecule has 160 valence electrons. The molecule has 0 bridgehead atoms. The molecule has 7 heteroatoms. The van der Waals surface area contributed by atoms with E-state index in [-0.39, 0.29) is 11.1 Å². The van der Waals surface area contributed by atoms with Crippen LogP contribution in [0.15, 0.2) is 41.2 Å². The normalized spacial score (nSPS) is 14.1. The van der Waals surface area contributed by atoms with Crippen LogP contribution in [0, 0.1) is 0 Å². The molecule has 1 N–H and O–H groups in total. The Hall–Kier alpha value is -3.61. The van der Waals surface area contributed by atoms with Gasteiger partial charge in [-0.25, -0.2) is 9.78 Å². The molecule has 7 nitrogen and oxygen atoms in total. The summed E-state index contributed by atoms with van der Waals surface area (Å²) in [6.07, 6.45) is 4.68. The van der Waals surface area contributed by atoms with E-state index in [1.807, 2.05) is 24.3 Å². The first-order valence-corrected chi connectivity index (χ1v) is 10.3. The number of fused-ring (bicyclic) bond motifs is 2. The molecule has 31 heavy (non-hydrogen) atoms. The standard InChI is InChI=1S/C24H24N2O5/c1-3-4-11-31-20-8-5-15(13-21(20)30-2)12-16-9-10-26-22(16)25-19-14-17(24(28)29)6-7-18(19)23(26)27/h5-8,12-14H,3-4,9-11H2,1-2H3,(H,28,29). The summed E-state index contributed by atoms with van der Waals surface area (Å²) in [5.41, 5.74) is 2.17. The van der Waals surface area contributed by atoms with Crippen LogP contribution in [0.3, 0.4) is 0 Å². The number of nitrogens with zero attached hydrogens (tertiary/aromatic N) is 2. The molecule has 0 spiro atoms. The van der Waals surface area contributed by atoms with Crippen LogP contribution in [-0.4, -0.2) is 34.3 Å². The van der Waals surface area contributed by atoms with Gasteiger partial charge in [0.15, 0.2) is 11.5 Å². The lowest BCUT2D eigenvalue weighted by Gasteiger charge is -2.11. The summed E-state index contributed by atoms with van der Waals surface area (Å²) in [5.74, 6) is 0.876. The maximum absolute atomic E-state index is 12.9. The summed E-state index contributed by atoms with van der Waals surface area (Å²) in [6.45, 7) is 3.29. The zero-order chi connectivity index (χ0) is 22.0. The van der Waals surface area contributed by atoms with Crippen molar-refractivity contribution in [1.29, 1.82) is 0 Å². The van der Waals surface area contributed by atoms with Crippen LogP contribution in [-0.2, 0) is 6.54 Å². The largest absolute Gasteiger partial charge is 0.493 e. The van der Waals surface area contributed by atoms with Crippen LogP contribution >= 0.6 is 0 Å². The van der Waals surface area contributed by atoms with Crippen LogP contribution in [0.4, 0.5) is 0 Å². The van der Waals surface area contributed by atoms with Gasteiger partial charge in [-0.15, -0.1) is 0 Å². The number of allylic oxidation sites excluding steroid dienone is 1. The van der Waals surface area contributed by atoms with Crippen LogP contribution in [0.5, 0.6) is 11.5 Å². The second-order valence-corrected chi connectivity index (χ2v) is 7.46. The third-order valence-corrected chi connectivity index (χ3v) is 5.38. The lowest BCUT2D eigenvalue weighted by molar-refractivity contribution is 0.0697. The van der Waals surface area contributed by atoms with E-state index >= 15 is 0 Å². The molecule has 0 unspecified atom stereocenters. The predicted octanol–water partition coefficient (Wildman–Crippen LogP) is 4.23. The van der Waals surface area contributed by atoms with Crippen molar-refractivity contribution in [2.24, 2.45) is 0 Å². The van der Waals surface area contributed by atoms with Crippen molar-refractivity contribution in [3.63, 3.8) is 0 Å². The fraction of sp³-hybridized carbons (Fsp3) is 0.292. The quantitative estimate of drug-likeness (QED) is 0.576. The minimum Gasteiger partial charge on any atom is -0.493 e. The average Bonchev–Trinajstić information content (AvgIpc) is 3.17. The van der Waals surface area contributed by atoms with Gasteiger partial charge in [-0.1, -0.05) is 19.4 Å². The molecule has 1 aromatic heterocycles.